The fourth-order valence-electron chi connectivity index (χ4n) is 2.12. The molecule has 0 bridgehead atoms. The lowest BCUT2D eigenvalue weighted by Crippen LogP contribution is -2.34. The van der Waals surface area contributed by atoms with Crippen LogP contribution in [0.15, 0.2) is 12.1 Å². The van der Waals surface area contributed by atoms with E-state index in [0.717, 1.165) is 23.2 Å². The maximum absolute atomic E-state index is 13.4. The van der Waals surface area contributed by atoms with Gasteiger partial charge in [0.1, 0.15) is 5.82 Å². The Labute approximate surface area is 116 Å². The lowest BCUT2D eigenvalue weighted by Gasteiger charge is -2.26. The topological polar surface area (TPSA) is 20.3 Å². The van der Waals surface area contributed by atoms with E-state index in [1.165, 1.54) is 12.1 Å². The lowest BCUT2D eigenvalue weighted by molar-refractivity contribution is -0.116. The van der Waals surface area contributed by atoms with Gasteiger partial charge in [-0.2, -0.15) is 0 Å². The summed E-state index contributed by atoms with van der Waals surface area (Å²) in [5, 5.41) is 0.285. The molecule has 2 nitrogen and oxygen atoms in total. The van der Waals surface area contributed by atoms with Crippen LogP contribution in [0.2, 0.25) is 0 Å². The number of hydrogen-bond acceptors (Lipinski definition) is 1. The normalized spacial score (nSPS) is 10.5. The first-order valence-electron chi connectivity index (χ1n) is 6.20. The van der Waals surface area contributed by atoms with Crippen molar-refractivity contribution in [2.45, 2.75) is 33.6 Å². The van der Waals surface area contributed by atoms with Crippen LogP contribution < -0.4 is 4.90 Å². The SMILES string of the molecule is CCCN(C(=O)CBr)c1c(C)cc(F)cc1CC. The molecule has 0 aromatic heterocycles. The van der Waals surface area contributed by atoms with Crippen LogP contribution in [0.25, 0.3) is 0 Å². The molecule has 0 N–H and O–H groups in total. The van der Waals surface area contributed by atoms with E-state index < -0.39 is 0 Å². The predicted molar refractivity (Wildman–Crippen MR) is 77.0 cm³/mol. The summed E-state index contributed by atoms with van der Waals surface area (Å²) in [5.41, 5.74) is 2.56. The van der Waals surface area contributed by atoms with E-state index in [-0.39, 0.29) is 17.1 Å². The summed E-state index contributed by atoms with van der Waals surface area (Å²) < 4.78 is 13.4. The summed E-state index contributed by atoms with van der Waals surface area (Å²) in [6, 6.07) is 3.01. The number of aryl methyl sites for hydroxylation is 2. The number of nitrogens with zero attached hydrogens (tertiary/aromatic N) is 1. The molecule has 0 saturated carbocycles. The molecule has 18 heavy (non-hydrogen) atoms. The van der Waals surface area contributed by atoms with Crippen molar-refractivity contribution in [3.63, 3.8) is 0 Å². The Hall–Kier alpha value is -0.900. The van der Waals surface area contributed by atoms with Gasteiger partial charge in [0.05, 0.1) is 5.33 Å². The minimum absolute atomic E-state index is 0.0151. The van der Waals surface area contributed by atoms with Crippen molar-refractivity contribution < 1.29 is 9.18 Å². The molecule has 0 saturated heterocycles. The van der Waals surface area contributed by atoms with Gasteiger partial charge in [-0.3, -0.25) is 4.79 Å². The quantitative estimate of drug-likeness (QED) is 0.756. The first-order chi connectivity index (χ1) is 8.54. The van der Waals surface area contributed by atoms with Gasteiger partial charge in [-0.1, -0.05) is 29.8 Å². The fraction of sp³-hybridized carbons (Fsp3) is 0.500. The third kappa shape index (κ3) is 3.31. The van der Waals surface area contributed by atoms with E-state index in [9.17, 15) is 9.18 Å². The fourth-order valence-corrected chi connectivity index (χ4v) is 2.42. The Morgan fingerprint density at radius 3 is 2.56 bits per heavy atom. The minimum atomic E-state index is -0.240. The van der Waals surface area contributed by atoms with Crippen LogP contribution in [0.3, 0.4) is 0 Å². The zero-order valence-electron chi connectivity index (χ0n) is 11.1. The molecule has 0 aliphatic heterocycles. The standard InChI is InChI=1S/C14H19BrFNO/c1-4-6-17(13(18)9-15)14-10(3)7-12(16)8-11(14)5-2/h7-8H,4-6,9H2,1-3H3. The number of anilines is 1. The number of carbonyl (C=O) groups is 1. The molecule has 1 aromatic rings. The summed E-state index contributed by atoms with van der Waals surface area (Å²) in [6.45, 7) is 6.51. The Bertz CT molecular complexity index is 434. The molecule has 100 valence electrons. The molecule has 1 amide bonds. The highest BCUT2D eigenvalue weighted by Gasteiger charge is 2.19. The van der Waals surface area contributed by atoms with Crippen molar-refractivity contribution in [1.82, 2.24) is 0 Å². The number of halogens is 2. The second kappa shape index (κ2) is 6.88. The zero-order valence-corrected chi connectivity index (χ0v) is 12.7. The monoisotopic (exact) mass is 315 g/mol. The highest BCUT2D eigenvalue weighted by molar-refractivity contribution is 9.09. The predicted octanol–water partition coefficient (Wildman–Crippen LogP) is 3.83. The van der Waals surface area contributed by atoms with Crippen molar-refractivity contribution in [2.24, 2.45) is 0 Å². The van der Waals surface area contributed by atoms with Gasteiger partial charge >= 0.3 is 0 Å². The number of hydrogen-bond donors (Lipinski definition) is 0. The molecule has 0 radical (unpaired) electrons. The van der Waals surface area contributed by atoms with Gasteiger partial charge < -0.3 is 4.90 Å². The van der Waals surface area contributed by atoms with Gasteiger partial charge in [-0.05, 0) is 43.0 Å². The van der Waals surface area contributed by atoms with E-state index >= 15 is 0 Å². The largest absolute Gasteiger partial charge is 0.311 e. The second-order valence-electron chi connectivity index (χ2n) is 4.26. The molecule has 0 unspecified atom stereocenters. The number of benzene rings is 1. The zero-order chi connectivity index (χ0) is 13.7. The average molecular weight is 316 g/mol. The molecule has 4 heteroatoms. The summed E-state index contributed by atoms with van der Waals surface area (Å²) in [5.74, 6) is -0.225. The van der Waals surface area contributed by atoms with Gasteiger partial charge in [-0.15, -0.1) is 0 Å². The summed E-state index contributed by atoms with van der Waals surface area (Å²) in [7, 11) is 0. The van der Waals surface area contributed by atoms with Crippen LogP contribution in [-0.4, -0.2) is 17.8 Å². The van der Waals surface area contributed by atoms with Gasteiger partial charge in [-0.25, -0.2) is 4.39 Å². The minimum Gasteiger partial charge on any atom is -0.311 e. The maximum atomic E-state index is 13.4. The molecule has 0 spiro atoms. The number of rotatable bonds is 5. The molecule has 0 heterocycles. The molecule has 0 fully saturated rings. The van der Waals surface area contributed by atoms with E-state index in [4.69, 9.17) is 0 Å². The van der Waals surface area contributed by atoms with Crippen LogP contribution in [-0.2, 0) is 11.2 Å². The van der Waals surface area contributed by atoms with Gasteiger partial charge in [0.15, 0.2) is 0 Å². The smallest absolute Gasteiger partial charge is 0.237 e. The average Bonchev–Trinajstić information content (AvgIpc) is 2.35. The van der Waals surface area contributed by atoms with Gasteiger partial charge in [0.25, 0.3) is 0 Å². The van der Waals surface area contributed by atoms with E-state index in [0.29, 0.717) is 13.0 Å². The highest BCUT2D eigenvalue weighted by Crippen LogP contribution is 2.28. The molecular formula is C14H19BrFNO. The van der Waals surface area contributed by atoms with Crippen LogP contribution >= 0.6 is 15.9 Å². The van der Waals surface area contributed by atoms with Crippen LogP contribution in [0.5, 0.6) is 0 Å². The van der Waals surface area contributed by atoms with Crippen molar-refractivity contribution >= 4 is 27.5 Å². The van der Waals surface area contributed by atoms with Crippen molar-refractivity contribution in [1.29, 1.82) is 0 Å². The number of carbonyl (C=O) groups excluding carboxylic acids is 1. The first kappa shape index (κ1) is 15.2. The third-order valence-corrected chi connectivity index (χ3v) is 3.34. The van der Waals surface area contributed by atoms with Crippen LogP contribution in [0.4, 0.5) is 10.1 Å². The lowest BCUT2D eigenvalue weighted by atomic mass is 10.0. The Balaban J connectivity index is 3.30. The van der Waals surface area contributed by atoms with E-state index in [2.05, 4.69) is 15.9 Å². The molecule has 0 atom stereocenters. The van der Waals surface area contributed by atoms with Crippen LogP contribution in [0.1, 0.15) is 31.4 Å². The van der Waals surface area contributed by atoms with E-state index in [1.807, 2.05) is 20.8 Å². The van der Waals surface area contributed by atoms with Gasteiger partial charge in [0.2, 0.25) is 5.91 Å². The van der Waals surface area contributed by atoms with Gasteiger partial charge in [0, 0.05) is 12.2 Å². The molecule has 0 aliphatic rings. The summed E-state index contributed by atoms with van der Waals surface area (Å²) in [6.07, 6.45) is 1.59. The van der Waals surface area contributed by atoms with Crippen molar-refractivity contribution in [3.8, 4) is 0 Å². The molecule has 1 aromatic carbocycles. The highest BCUT2D eigenvalue weighted by atomic mass is 79.9. The summed E-state index contributed by atoms with van der Waals surface area (Å²) >= 11 is 3.20. The molecule has 1 rings (SSSR count). The van der Waals surface area contributed by atoms with E-state index in [1.54, 1.807) is 4.90 Å². The number of amides is 1. The van der Waals surface area contributed by atoms with Crippen molar-refractivity contribution in [3.05, 3.63) is 29.1 Å². The Kier molecular flexibility index (Phi) is 5.79. The third-order valence-electron chi connectivity index (χ3n) is 2.86. The first-order valence-corrected chi connectivity index (χ1v) is 7.32. The summed E-state index contributed by atoms with van der Waals surface area (Å²) in [4.78, 5) is 13.7. The molecular weight excluding hydrogens is 297 g/mol. The maximum Gasteiger partial charge on any atom is 0.237 e. The second-order valence-corrected chi connectivity index (χ2v) is 4.82. The van der Waals surface area contributed by atoms with Crippen LogP contribution in [0, 0.1) is 12.7 Å². The number of alkyl halides is 1. The molecule has 0 aliphatic carbocycles. The Morgan fingerprint density at radius 1 is 1.39 bits per heavy atom. The Morgan fingerprint density at radius 2 is 2.06 bits per heavy atom. The van der Waals surface area contributed by atoms with Crippen molar-refractivity contribution in [2.75, 3.05) is 16.8 Å².